The van der Waals surface area contributed by atoms with Crippen LogP contribution in [0.5, 0.6) is 0 Å². The monoisotopic (exact) mass is 474 g/mol. The Labute approximate surface area is 204 Å². The van der Waals surface area contributed by atoms with Gasteiger partial charge in [-0.2, -0.15) is 0 Å². The summed E-state index contributed by atoms with van der Waals surface area (Å²) in [6.45, 7) is 2.11. The van der Waals surface area contributed by atoms with Crippen molar-refractivity contribution in [2.75, 3.05) is 26.7 Å². The molecule has 2 fully saturated rings. The molecular formula is C27H30N4O4. The van der Waals surface area contributed by atoms with E-state index in [0.717, 1.165) is 17.0 Å². The highest BCUT2D eigenvalue weighted by atomic mass is 16.5. The van der Waals surface area contributed by atoms with E-state index < -0.39 is 17.5 Å². The van der Waals surface area contributed by atoms with Crippen LogP contribution >= 0.6 is 0 Å². The van der Waals surface area contributed by atoms with Crippen molar-refractivity contribution in [3.05, 3.63) is 71.9 Å². The molecule has 1 spiro atoms. The molecule has 5 rings (SSSR count). The Morgan fingerprint density at radius 1 is 0.971 bits per heavy atom. The second-order valence-corrected chi connectivity index (χ2v) is 9.41. The molecule has 2 aliphatic heterocycles. The van der Waals surface area contributed by atoms with Gasteiger partial charge in [0.1, 0.15) is 12.1 Å². The lowest BCUT2D eigenvalue weighted by atomic mass is 9.85. The van der Waals surface area contributed by atoms with Crippen LogP contribution in [0.1, 0.15) is 24.0 Å². The first-order valence-corrected chi connectivity index (χ1v) is 11.9. The van der Waals surface area contributed by atoms with Crippen molar-refractivity contribution in [2.24, 2.45) is 7.05 Å². The van der Waals surface area contributed by atoms with Gasteiger partial charge in [-0.3, -0.25) is 19.4 Å². The molecule has 1 aromatic heterocycles. The summed E-state index contributed by atoms with van der Waals surface area (Å²) >= 11 is 0. The zero-order valence-corrected chi connectivity index (χ0v) is 20.1. The first-order chi connectivity index (χ1) is 16.9. The van der Waals surface area contributed by atoms with Gasteiger partial charge in [-0.25, -0.2) is 4.79 Å². The van der Waals surface area contributed by atoms with E-state index >= 15 is 0 Å². The summed E-state index contributed by atoms with van der Waals surface area (Å²) in [5.41, 5.74) is 2.45. The lowest BCUT2D eigenvalue weighted by Gasteiger charge is -2.42. The third-order valence-corrected chi connectivity index (χ3v) is 7.38. The van der Waals surface area contributed by atoms with Gasteiger partial charge in [0.15, 0.2) is 0 Å². The molecule has 3 amide bonds. The molecule has 3 heterocycles. The smallest absolute Gasteiger partial charge is 0.328 e. The summed E-state index contributed by atoms with van der Waals surface area (Å²) in [7, 11) is 3.31. The summed E-state index contributed by atoms with van der Waals surface area (Å²) in [4.78, 5) is 44.0. The molecule has 0 saturated carbocycles. The number of rotatable bonds is 6. The minimum absolute atomic E-state index is 0.298. The number of aryl methyl sites for hydroxylation is 1. The van der Waals surface area contributed by atoms with Crippen molar-refractivity contribution in [3.8, 4) is 0 Å². The summed E-state index contributed by atoms with van der Waals surface area (Å²) in [5, 5.41) is 1.23. The van der Waals surface area contributed by atoms with Crippen LogP contribution in [0, 0.1) is 0 Å². The summed E-state index contributed by atoms with van der Waals surface area (Å²) in [6, 6.07) is 17.6. The van der Waals surface area contributed by atoms with Gasteiger partial charge in [0.25, 0.3) is 5.91 Å². The lowest BCUT2D eigenvalue weighted by molar-refractivity contribution is -0.146. The number of imide groups is 1. The quantitative estimate of drug-likeness (QED) is 0.405. The molecule has 0 atom stereocenters. The third-order valence-electron chi connectivity index (χ3n) is 7.38. The van der Waals surface area contributed by atoms with E-state index in [1.807, 2.05) is 36.4 Å². The highest BCUT2D eigenvalue weighted by Crippen LogP contribution is 2.39. The molecule has 2 saturated heterocycles. The van der Waals surface area contributed by atoms with Crippen molar-refractivity contribution in [1.29, 1.82) is 0 Å². The number of amides is 3. The number of benzene rings is 2. The molecule has 35 heavy (non-hydrogen) atoms. The highest BCUT2D eigenvalue weighted by molar-refractivity contribution is 6.08. The third kappa shape index (κ3) is 4.08. The van der Waals surface area contributed by atoms with Crippen molar-refractivity contribution in [1.82, 2.24) is 19.3 Å². The van der Waals surface area contributed by atoms with Crippen LogP contribution in [-0.4, -0.2) is 69.5 Å². The van der Waals surface area contributed by atoms with Crippen molar-refractivity contribution in [2.45, 2.75) is 31.5 Å². The second-order valence-electron chi connectivity index (χ2n) is 9.41. The Balaban J connectivity index is 1.38. The number of urea groups is 1. The number of nitrogens with zero attached hydrogens (tertiary/aromatic N) is 4. The van der Waals surface area contributed by atoms with Gasteiger partial charge in [-0.1, -0.05) is 48.5 Å². The van der Waals surface area contributed by atoms with Crippen LogP contribution in [0.2, 0.25) is 0 Å². The fraction of sp³-hybridized carbons (Fsp3) is 0.370. The zero-order chi connectivity index (χ0) is 24.6. The number of esters is 1. The zero-order valence-electron chi connectivity index (χ0n) is 20.1. The molecule has 0 radical (unpaired) electrons. The molecule has 3 aromatic rings. The number of ether oxygens (including phenoxy) is 1. The number of carbonyl (C=O) groups excluding carboxylic acids is 3. The summed E-state index contributed by atoms with van der Waals surface area (Å²) < 4.78 is 6.89. The average molecular weight is 475 g/mol. The van der Waals surface area contributed by atoms with E-state index in [-0.39, 0.29) is 12.5 Å². The molecule has 0 unspecified atom stereocenters. The van der Waals surface area contributed by atoms with E-state index in [1.54, 1.807) is 4.90 Å². The van der Waals surface area contributed by atoms with E-state index in [9.17, 15) is 14.4 Å². The van der Waals surface area contributed by atoms with E-state index in [0.29, 0.717) is 32.5 Å². The van der Waals surface area contributed by atoms with E-state index in [1.165, 1.54) is 23.6 Å². The maximum atomic E-state index is 13.6. The highest BCUT2D eigenvalue weighted by Gasteiger charge is 2.58. The standard InChI is InChI=1S/C27H30N4O4/c1-28-17-21(22-10-6-7-11-23(22)28)18-29-14-12-27(13-15-29)25(33)30(19-24(32)35-2)26(34)31(27)16-20-8-4-3-5-9-20/h3-11,17H,12-16,18-19H2,1-2H3. The molecule has 2 aliphatic rings. The van der Waals surface area contributed by atoms with Crippen LogP contribution in [0.15, 0.2) is 60.8 Å². The Morgan fingerprint density at radius 2 is 1.66 bits per heavy atom. The van der Waals surface area contributed by atoms with Gasteiger partial charge in [-0.05, 0) is 30.0 Å². The van der Waals surface area contributed by atoms with Crippen molar-refractivity contribution < 1.29 is 19.1 Å². The number of para-hydroxylation sites is 1. The van der Waals surface area contributed by atoms with Gasteiger partial charge in [-0.15, -0.1) is 0 Å². The number of fused-ring (bicyclic) bond motifs is 1. The first-order valence-electron chi connectivity index (χ1n) is 11.9. The van der Waals surface area contributed by atoms with Crippen LogP contribution in [0.25, 0.3) is 10.9 Å². The Kier molecular flexibility index (Phi) is 6.06. The molecular weight excluding hydrogens is 444 g/mol. The number of piperidine rings is 1. The summed E-state index contributed by atoms with van der Waals surface area (Å²) in [6.07, 6.45) is 3.21. The molecule has 8 heteroatoms. The van der Waals surface area contributed by atoms with E-state index in [2.05, 4.69) is 40.9 Å². The largest absolute Gasteiger partial charge is 0.468 e. The SMILES string of the molecule is COC(=O)CN1C(=O)N(Cc2ccccc2)C2(CCN(Cc3cn(C)c4ccccc34)CC2)C1=O. The Bertz CT molecular complexity index is 1260. The van der Waals surface area contributed by atoms with Crippen LogP contribution in [-0.2, 0) is 34.5 Å². The predicted octanol–water partition coefficient (Wildman–Crippen LogP) is 3.15. The fourth-order valence-corrected chi connectivity index (χ4v) is 5.46. The predicted molar refractivity (Wildman–Crippen MR) is 131 cm³/mol. The number of likely N-dealkylation sites (tertiary alicyclic amines) is 1. The van der Waals surface area contributed by atoms with Crippen LogP contribution < -0.4 is 0 Å². The number of aromatic nitrogens is 1. The fourth-order valence-electron chi connectivity index (χ4n) is 5.46. The normalized spacial score (nSPS) is 18.1. The molecule has 0 bridgehead atoms. The number of hydrogen-bond donors (Lipinski definition) is 0. The molecule has 2 aromatic carbocycles. The first kappa shape index (κ1) is 23.1. The number of hydrogen-bond acceptors (Lipinski definition) is 5. The van der Waals surface area contributed by atoms with Gasteiger partial charge in [0.05, 0.1) is 7.11 Å². The maximum Gasteiger partial charge on any atom is 0.328 e. The Hall–Kier alpha value is -3.65. The van der Waals surface area contributed by atoms with E-state index in [4.69, 9.17) is 4.74 Å². The van der Waals surface area contributed by atoms with Crippen molar-refractivity contribution >= 4 is 28.8 Å². The summed E-state index contributed by atoms with van der Waals surface area (Å²) in [5.74, 6) is -0.898. The average Bonchev–Trinajstić information content (AvgIpc) is 3.29. The molecule has 182 valence electrons. The van der Waals surface area contributed by atoms with Gasteiger partial charge >= 0.3 is 12.0 Å². The maximum absolute atomic E-state index is 13.6. The Morgan fingerprint density at radius 3 is 2.37 bits per heavy atom. The number of methoxy groups -OCH3 is 1. The molecule has 8 nitrogen and oxygen atoms in total. The number of carbonyl (C=O) groups is 3. The van der Waals surface area contributed by atoms with Gasteiger partial charge in [0.2, 0.25) is 0 Å². The molecule has 0 N–H and O–H groups in total. The lowest BCUT2D eigenvalue weighted by Crippen LogP contribution is -2.56. The minimum atomic E-state index is -0.948. The molecule has 0 aliphatic carbocycles. The minimum Gasteiger partial charge on any atom is -0.468 e. The van der Waals surface area contributed by atoms with Gasteiger partial charge in [0, 0.05) is 50.3 Å². The topological polar surface area (TPSA) is 75.1 Å². The van der Waals surface area contributed by atoms with Crippen molar-refractivity contribution in [3.63, 3.8) is 0 Å². The van der Waals surface area contributed by atoms with Crippen LogP contribution in [0.4, 0.5) is 4.79 Å². The van der Waals surface area contributed by atoms with Gasteiger partial charge < -0.3 is 14.2 Å². The van der Waals surface area contributed by atoms with Crippen LogP contribution in [0.3, 0.4) is 0 Å². The second kappa shape index (κ2) is 9.19.